The van der Waals surface area contributed by atoms with Gasteiger partial charge in [-0.25, -0.2) is 4.98 Å². The van der Waals surface area contributed by atoms with E-state index >= 15 is 0 Å². The maximum absolute atomic E-state index is 10.5. The van der Waals surface area contributed by atoms with Crippen molar-refractivity contribution >= 4 is 17.7 Å². The molecule has 1 aromatic rings. The molecular weight excluding hydrogens is 280 g/mol. The monoisotopic (exact) mass is 292 g/mol. The lowest BCUT2D eigenvalue weighted by Gasteiger charge is -2.14. The number of hydrogen-bond donors (Lipinski definition) is 3. The summed E-state index contributed by atoms with van der Waals surface area (Å²) < 4.78 is 4.91. The fourth-order valence-corrected chi connectivity index (χ4v) is 1.49. The minimum Gasteiger partial charge on any atom is -0.508 e. The number of nitrogens with zero attached hydrogens (tertiary/aromatic N) is 3. The predicted octanol–water partition coefficient (Wildman–Crippen LogP) is 1.31. The van der Waals surface area contributed by atoms with Crippen LogP contribution in [0.3, 0.4) is 0 Å². The van der Waals surface area contributed by atoms with Gasteiger partial charge in [0, 0.05) is 12.3 Å². The van der Waals surface area contributed by atoms with Crippen LogP contribution < -0.4 is 5.43 Å². The molecule has 9 heteroatoms. The maximum Gasteiger partial charge on any atom is 0.287 e. The van der Waals surface area contributed by atoms with Crippen LogP contribution in [-0.2, 0) is 4.74 Å². The normalized spacial score (nSPS) is 17.9. The Kier molecular flexibility index (Phi) is 4.46. The number of rotatable bonds is 5. The van der Waals surface area contributed by atoms with E-state index in [0.29, 0.717) is 11.6 Å². The Balaban J connectivity index is 1.98. The van der Waals surface area contributed by atoms with Crippen molar-refractivity contribution in [1.29, 1.82) is 0 Å². The molecule has 0 aliphatic carbocycles. The quantitative estimate of drug-likeness (QED) is 0.423. The van der Waals surface area contributed by atoms with Gasteiger partial charge in [-0.2, -0.15) is 5.10 Å². The summed E-state index contributed by atoms with van der Waals surface area (Å²) in [6.07, 6.45) is 5.11. The highest BCUT2D eigenvalue weighted by Gasteiger charge is 2.15. The lowest BCUT2D eigenvalue weighted by atomic mass is 10.1. The van der Waals surface area contributed by atoms with E-state index in [2.05, 4.69) is 15.5 Å². The highest BCUT2D eigenvalue weighted by Crippen LogP contribution is 2.18. The Morgan fingerprint density at radius 3 is 3.00 bits per heavy atom. The minimum absolute atomic E-state index is 0.0607. The molecule has 2 heterocycles. The van der Waals surface area contributed by atoms with Crippen molar-refractivity contribution < 1.29 is 19.9 Å². The first-order valence-electron chi connectivity index (χ1n) is 5.87. The predicted molar refractivity (Wildman–Crippen MR) is 73.5 cm³/mol. The van der Waals surface area contributed by atoms with Crippen molar-refractivity contribution in [3.8, 4) is 0 Å². The Morgan fingerprint density at radius 2 is 2.38 bits per heavy atom. The van der Waals surface area contributed by atoms with Crippen LogP contribution in [0.4, 0.5) is 11.5 Å². The molecule has 0 aromatic carbocycles. The van der Waals surface area contributed by atoms with Crippen LogP contribution in [0.1, 0.15) is 0 Å². The highest BCUT2D eigenvalue weighted by atomic mass is 16.6. The molecule has 0 amide bonds. The number of anilines is 1. The van der Waals surface area contributed by atoms with Gasteiger partial charge in [0.2, 0.25) is 0 Å². The number of hydrazone groups is 1. The van der Waals surface area contributed by atoms with E-state index in [1.54, 1.807) is 0 Å². The first-order chi connectivity index (χ1) is 10.1. The van der Waals surface area contributed by atoms with E-state index in [9.17, 15) is 15.2 Å². The summed E-state index contributed by atoms with van der Waals surface area (Å²) in [6, 6.07) is 2.70. The third-order valence-corrected chi connectivity index (χ3v) is 2.57. The Hall–Kier alpha value is -2.94. The average molecular weight is 292 g/mol. The number of aromatic nitrogens is 1. The summed E-state index contributed by atoms with van der Waals surface area (Å²) in [5.41, 5.74) is 2.46. The molecule has 21 heavy (non-hydrogen) atoms. The van der Waals surface area contributed by atoms with Gasteiger partial charge in [0.25, 0.3) is 5.69 Å². The fraction of sp³-hybridized carbons (Fsp3) is 0.167. The second-order valence-electron chi connectivity index (χ2n) is 4.03. The lowest BCUT2D eigenvalue weighted by Crippen LogP contribution is -2.11. The number of allylic oxidation sites excluding steroid dienone is 1. The van der Waals surface area contributed by atoms with E-state index in [4.69, 9.17) is 9.84 Å². The number of aliphatic hydroxyl groups is 2. The average Bonchev–Trinajstić information content (AvgIpc) is 2.49. The van der Waals surface area contributed by atoms with Crippen molar-refractivity contribution in [3.05, 3.63) is 52.3 Å². The molecule has 0 radical (unpaired) electrons. The van der Waals surface area contributed by atoms with Crippen LogP contribution in [0.15, 0.2) is 47.3 Å². The molecule has 3 N–H and O–H groups in total. The fourth-order valence-electron chi connectivity index (χ4n) is 1.49. The van der Waals surface area contributed by atoms with Gasteiger partial charge < -0.3 is 14.9 Å². The Bertz CT molecular complexity index is 609. The summed E-state index contributed by atoms with van der Waals surface area (Å²) in [4.78, 5) is 13.7. The van der Waals surface area contributed by atoms with E-state index in [1.807, 2.05) is 0 Å². The van der Waals surface area contributed by atoms with Gasteiger partial charge in [0.05, 0.1) is 10.8 Å². The molecule has 0 spiro atoms. The molecule has 0 saturated heterocycles. The zero-order chi connectivity index (χ0) is 15.2. The summed E-state index contributed by atoms with van der Waals surface area (Å²) in [5, 5.41) is 32.9. The summed E-state index contributed by atoms with van der Waals surface area (Å²) >= 11 is 0. The molecule has 9 nitrogen and oxygen atoms in total. The van der Waals surface area contributed by atoms with Crippen molar-refractivity contribution in [3.63, 3.8) is 0 Å². The molecule has 1 aromatic heterocycles. The van der Waals surface area contributed by atoms with E-state index in [-0.39, 0.29) is 18.1 Å². The zero-order valence-electron chi connectivity index (χ0n) is 10.7. The van der Waals surface area contributed by atoms with E-state index < -0.39 is 10.8 Å². The summed E-state index contributed by atoms with van der Waals surface area (Å²) in [6.45, 7) is -0.286. The van der Waals surface area contributed by atoms with Gasteiger partial charge >= 0.3 is 0 Å². The van der Waals surface area contributed by atoms with Gasteiger partial charge in [-0.3, -0.25) is 15.5 Å². The van der Waals surface area contributed by atoms with Crippen molar-refractivity contribution in [2.45, 2.75) is 0 Å². The second-order valence-corrected chi connectivity index (χ2v) is 4.03. The van der Waals surface area contributed by atoms with Crippen molar-refractivity contribution in [2.24, 2.45) is 11.0 Å². The second kappa shape index (κ2) is 6.48. The summed E-state index contributed by atoms with van der Waals surface area (Å²) in [7, 11) is 0. The van der Waals surface area contributed by atoms with Gasteiger partial charge in [0.15, 0.2) is 0 Å². The number of aliphatic hydroxyl groups excluding tert-OH is 2. The Morgan fingerprint density at radius 1 is 1.57 bits per heavy atom. The van der Waals surface area contributed by atoms with Crippen LogP contribution in [0.25, 0.3) is 0 Å². The molecule has 0 saturated carbocycles. The van der Waals surface area contributed by atoms with Crippen molar-refractivity contribution in [1.82, 2.24) is 4.98 Å². The van der Waals surface area contributed by atoms with Gasteiger partial charge in [-0.1, -0.05) is 0 Å². The molecule has 0 fully saturated rings. The Labute approximate surface area is 119 Å². The molecule has 1 aliphatic rings. The molecule has 0 bridgehead atoms. The molecular formula is C12H12N4O5. The van der Waals surface area contributed by atoms with E-state index in [0.717, 1.165) is 12.5 Å². The largest absolute Gasteiger partial charge is 0.508 e. The number of hydrogen-bond acceptors (Lipinski definition) is 8. The third-order valence-electron chi connectivity index (χ3n) is 2.57. The number of ether oxygens (including phenoxy) is 1. The third kappa shape index (κ3) is 3.76. The van der Waals surface area contributed by atoms with Gasteiger partial charge in [-0.05, 0) is 12.1 Å². The molecule has 1 atom stereocenters. The highest BCUT2D eigenvalue weighted by molar-refractivity contribution is 5.68. The molecule has 2 rings (SSSR count). The molecule has 1 aliphatic heterocycles. The molecule has 1 unspecified atom stereocenters. The smallest absolute Gasteiger partial charge is 0.287 e. The first-order valence-corrected chi connectivity index (χ1v) is 5.87. The van der Waals surface area contributed by atoms with Crippen LogP contribution in [0.2, 0.25) is 0 Å². The topological polar surface area (TPSA) is 130 Å². The van der Waals surface area contributed by atoms with Gasteiger partial charge in [0.1, 0.15) is 36.4 Å². The maximum atomic E-state index is 10.5. The van der Waals surface area contributed by atoms with E-state index in [1.165, 1.54) is 24.4 Å². The van der Waals surface area contributed by atoms with Crippen LogP contribution in [0.5, 0.6) is 0 Å². The number of nitrogens with one attached hydrogen (secondary N) is 1. The summed E-state index contributed by atoms with van der Waals surface area (Å²) in [5.74, 6) is 0.0253. The molecule has 110 valence electrons. The lowest BCUT2D eigenvalue weighted by molar-refractivity contribution is -0.385. The number of pyridine rings is 1. The van der Waals surface area contributed by atoms with Crippen molar-refractivity contribution in [2.75, 3.05) is 12.0 Å². The minimum atomic E-state index is -0.549. The van der Waals surface area contributed by atoms with Crippen LogP contribution in [-0.4, -0.2) is 32.9 Å². The van der Waals surface area contributed by atoms with Crippen LogP contribution >= 0.6 is 0 Å². The SMILES string of the molecule is O=[N+]([O-])c1ccc(NN=CC2C=C(CO)OC=C2O)nc1. The zero-order valence-corrected chi connectivity index (χ0v) is 10.7. The standard InChI is InChI=1S/C12H12N4O5/c17-6-10-3-8(11(18)7-21-10)4-14-15-12-2-1-9(5-13-12)16(19)20/h1-5,7-8,17-18H,6H2,(H,13,15). The first kappa shape index (κ1) is 14.5. The van der Waals surface area contributed by atoms with Crippen LogP contribution in [0, 0.1) is 16.0 Å². The number of nitro groups is 1. The van der Waals surface area contributed by atoms with Gasteiger partial charge in [-0.15, -0.1) is 0 Å².